The number of carbonyl (C=O) groups is 1. The molecular weight excluding hydrogens is 192 g/mol. The van der Waals surface area contributed by atoms with Crippen LogP contribution in [0.5, 0.6) is 0 Å². The van der Waals surface area contributed by atoms with Crippen molar-refractivity contribution in [3.8, 4) is 5.69 Å². The molecule has 76 valence electrons. The number of Topliss-reactive ketones (excluding diaryl/α,β-unsaturated/α-hetero) is 1. The first-order valence-electron chi connectivity index (χ1n) is 4.49. The van der Waals surface area contributed by atoms with Crippen LogP contribution in [0.3, 0.4) is 0 Å². The predicted molar refractivity (Wildman–Crippen MR) is 54.7 cm³/mol. The minimum atomic E-state index is -0.0861. The summed E-state index contributed by atoms with van der Waals surface area (Å²) < 4.78 is 1.59. The first-order valence-corrected chi connectivity index (χ1v) is 4.49. The second-order valence-corrected chi connectivity index (χ2v) is 3.02. The maximum Gasteiger partial charge on any atom is 0.176 e. The third-order valence-electron chi connectivity index (χ3n) is 2.04. The Kier molecular flexibility index (Phi) is 2.55. The summed E-state index contributed by atoms with van der Waals surface area (Å²) in [4.78, 5) is 15.2. The van der Waals surface area contributed by atoms with Gasteiger partial charge in [0.05, 0.1) is 12.2 Å². The van der Waals surface area contributed by atoms with Crippen LogP contribution in [0, 0.1) is 0 Å². The molecular formula is C10H10N4O. The highest BCUT2D eigenvalue weighted by atomic mass is 16.1. The normalized spacial score (nSPS) is 10.2. The molecule has 0 bridgehead atoms. The lowest BCUT2D eigenvalue weighted by molar-refractivity contribution is 0.100. The summed E-state index contributed by atoms with van der Waals surface area (Å²) in [6.07, 6.45) is 3.02. The van der Waals surface area contributed by atoms with Gasteiger partial charge in [-0.3, -0.25) is 4.79 Å². The third-order valence-corrected chi connectivity index (χ3v) is 2.04. The van der Waals surface area contributed by atoms with E-state index in [-0.39, 0.29) is 12.3 Å². The molecule has 0 saturated carbocycles. The second-order valence-electron chi connectivity index (χ2n) is 3.02. The molecule has 0 spiro atoms. The largest absolute Gasteiger partial charge is 0.324 e. The van der Waals surface area contributed by atoms with Gasteiger partial charge < -0.3 is 5.73 Å². The number of rotatable bonds is 3. The van der Waals surface area contributed by atoms with Crippen LogP contribution < -0.4 is 5.73 Å². The van der Waals surface area contributed by atoms with Gasteiger partial charge in [-0.25, -0.2) is 9.67 Å². The van der Waals surface area contributed by atoms with Gasteiger partial charge in [0, 0.05) is 5.56 Å². The molecule has 0 radical (unpaired) electrons. The van der Waals surface area contributed by atoms with Gasteiger partial charge in [0.25, 0.3) is 0 Å². The number of benzene rings is 1. The van der Waals surface area contributed by atoms with Crippen LogP contribution in [0.2, 0.25) is 0 Å². The highest BCUT2D eigenvalue weighted by Gasteiger charge is 2.04. The van der Waals surface area contributed by atoms with Crippen molar-refractivity contribution >= 4 is 5.78 Å². The van der Waals surface area contributed by atoms with Crippen molar-refractivity contribution in [2.75, 3.05) is 6.54 Å². The molecule has 5 heteroatoms. The molecule has 0 fully saturated rings. The third kappa shape index (κ3) is 1.92. The van der Waals surface area contributed by atoms with E-state index < -0.39 is 0 Å². The summed E-state index contributed by atoms with van der Waals surface area (Å²) in [5, 5.41) is 3.98. The summed E-state index contributed by atoms with van der Waals surface area (Å²) in [6, 6.07) is 7.11. The lowest BCUT2D eigenvalue weighted by atomic mass is 10.1. The van der Waals surface area contributed by atoms with Crippen molar-refractivity contribution in [1.82, 2.24) is 14.8 Å². The molecule has 0 aliphatic rings. The molecule has 1 aromatic carbocycles. The van der Waals surface area contributed by atoms with Crippen LogP contribution in [0.15, 0.2) is 36.9 Å². The van der Waals surface area contributed by atoms with E-state index in [2.05, 4.69) is 10.1 Å². The molecule has 5 nitrogen and oxygen atoms in total. The lowest BCUT2D eigenvalue weighted by Gasteiger charge is -2.02. The smallest absolute Gasteiger partial charge is 0.176 e. The molecule has 1 heterocycles. The average molecular weight is 202 g/mol. The highest BCUT2D eigenvalue weighted by molar-refractivity contribution is 5.97. The number of aromatic nitrogens is 3. The van der Waals surface area contributed by atoms with E-state index in [1.165, 1.54) is 6.33 Å². The summed E-state index contributed by atoms with van der Waals surface area (Å²) in [6.45, 7) is 0.0147. The van der Waals surface area contributed by atoms with E-state index in [0.29, 0.717) is 5.56 Å². The van der Waals surface area contributed by atoms with Crippen LogP contribution in [-0.4, -0.2) is 27.1 Å². The van der Waals surface area contributed by atoms with Gasteiger partial charge in [-0.2, -0.15) is 5.10 Å². The zero-order valence-electron chi connectivity index (χ0n) is 8.00. The van der Waals surface area contributed by atoms with Gasteiger partial charge >= 0.3 is 0 Å². The van der Waals surface area contributed by atoms with Crippen LogP contribution in [0.4, 0.5) is 0 Å². The maximum atomic E-state index is 11.4. The van der Waals surface area contributed by atoms with Gasteiger partial charge in [-0.15, -0.1) is 0 Å². The van der Waals surface area contributed by atoms with Crippen molar-refractivity contribution in [1.29, 1.82) is 0 Å². The Morgan fingerprint density at radius 3 is 3.00 bits per heavy atom. The van der Waals surface area contributed by atoms with E-state index in [9.17, 15) is 4.79 Å². The molecule has 0 aliphatic heterocycles. The summed E-state index contributed by atoms with van der Waals surface area (Å²) in [5.74, 6) is -0.0861. The maximum absolute atomic E-state index is 11.4. The van der Waals surface area contributed by atoms with Crippen molar-refractivity contribution < 1.29 is 4.79 Å². The Labute approximate surface area is 86.5 Å². The Morgan fingerprint density at radius 1 is 1.47 bits per heavy atom. The quantitative estimate of drug-likeness (QED) is 0.731. The minimum Gasteiger partial charge on any atom is -0.324 e. The van der Waals surface area contributed by atoms with Crippen molar-refractivity contribution in [2.45, 2.75) is 0 Å². The molecule has 0 aliphatic carbocycles. The molecule has 1 aromatic heterocycles. The number of ketones is 1. The first-order chi connectivity index (χ1) is 7.31. The number of nitrogens with zero attached hydrogens (tertiary/aromatic N) is 3. The topological polar surface area (TPSA) is 73.8 Å². The zero-order chi connectivity index (χ0) is 10.7. The van der Waals surface area contributed by atoms with Crippen LogP contribution in [0.1, 0.15) is 10.4 Å². The number of hydrogen-bond acceptors (Lipinski definition) is 4. The van der Waals surface area contributed by atoms with Crippen LogP contribution in [-0.2, 0) is 0 Å². The number of carbonyl (C=O) groups excluding carboxylic acids is 1. The molecule has 2 N–H and O–H groups in total. The Balaban J connectivity index is 2.39. The fourth-order valence-corrected chi connectivity index (χ4v) is 1.28. The van der Waals surface area contributed by atoms with Crippen molar-refractivity contribution in [2.24, 2.45) is 5.73 Å². The molecule has 15 heavy (non-hydrogen) atoms. The average Bonchev–Trinajstić information content (AvgIpc) is 2.82. The van der Waals surface area contributed by atoms with Crippen molar-refractivity contribution in [3.05, 3.63) is 42.5 Å². The molecule has 0 amide bonds. The Bertz CT molecular complexity index is 464. The number of nitrogens with two attached hydrogens (primary N) is 1. The summed E-state index contributed by atoms with van der Waals surface area (Å²) >= 11 is 0. The highest BCUT2D eigenvalue weighted by Crippen LogP contribution is 2.09. The van der Waals surface area contributed by atoms with Crippen molar-refractivity contribution in [3.63, 3.8) is 0 Å². The van der Waals surface area contributed by atoms with E-state index in [4.69, 9.17) is 5.73 Å². The summed E-state index contributed by atoms with van der Waals surface area (Å²) in [5.41, 5.74) is 6.67. The monoisotopic (exact) mass is 202 g/mol. The van der Waals surface area contributed by atoms with E-state index in [1.807, 2.05) is 6.07 Å². The molecule has 0 unspecified atom stereocenters. The van der Waals surface area contributed by atoms with Crippen LogP contribution >= 0.6 is 0 Å². The molecule has 2 rings (SSSR count). The molecule has 0 saturated heterocycles. The number of hydrogen-bond donors (Lipinski definition) is 1. The first kappa shape index (κ1) is 9.54. The lowest BCUT2D eigenvalue weighted by Crippen LogP contribution is -2.13. The van der Waals surface area contributed by atoms with Gasteiger partial charge in [0.1, 0.15) is 12.7 Å². The fraction of sp³-hybridized carbons (Fsp3) is 0.100. The van der Waals surface area contributed by atoms with Gasteiger partial charge in [0.2, 0.25) is 0 Å². The minimum absolute atomic E-state index is 0.0147. The predicted octanol–water partition coefficient (Wildman–Crippen LogP) is 0.409. The van der Waals surface area contributed by atoms with Gasteiger partial charge in [0.15, 0.2) is 5.78 Å². The summed E-state index contributed by atoms with van der Waals surface area (Å²) in [7, 11) is 0. The zero-order valence-corrected chi connectivity index (χ0v) is 8.00. The Morgan fingerprint density at radius 2 is 2.33 bits per heavy atom. The van der Waals surface area contributed by atoms with E-state index in [1.54, 1.807) is 29.2 Å². The van der Waals surface area contributed by atoms with E-state index >= 15 is 0 Å². The fourth-order valence-electron chi connectivity index (χ4n) is 1.28. The van der Waals surface area contributed by atoms with E-state index in [0.717, 1.165) is 5.69 Å². The van der Waals surface area contributed by atoms with Gasteiger partial charge in [-0.05, 0) is 12.1 Å². The molecule has 2 aromatic rings. The Hall–Kier alpha value is -2.01. The van der Waals surface area contributed by atoms with Gasteiger partial charge in [-0.1, -0.05) is 12.1 Å². The SMILES string of the molecule is NCC(=O)c1cccc(-n2cncn2)c1. The van der Waals surface area contributed by atoms with Crippen LogP contribution in [0.25, 0.3) is 5.69 Å². The standard InChI is InChI=1S/C10H10N4O/c11-5-10(15)8-2-1-3-9(4-8)14-7-12-6-13-14/h1-4,6-7H,5,11H2. The second kappa shape index (κ2) is 4.02. The molecule has 0 atom stereocenters.